The molecule has 0 aromatic heterocycles. The molecule has 68 valence electrons. The summed E-state index contributed by atoms with van der Waals surface area (Å²) in [5, 5.41) is 12.2. The summed E-state index contributed by atoms with van der Waals surface area (Å²) in [6.07, 6.45) is 3.12. The van der Waals surface area contributed by atoms with E-state index >= 15 is 0 Å². The summed E-state index contributed by atoms with van der Waals surface area (Å²) in [7, 11) is 0. The van der Waals surface area contributed by atoms with Crippen LogP contribution in [0.1, 0.15) is 26.2 Å². The molecule has 0 radical (unpaired) electrons. The molecule has 0 spiro atoms. The Kier molecular flexibility index (Phi) is 1.83. The largest absolute Gasteiger partial charge is 0.481 e. The molecule has 0 amide bonds. The van der Waals surface area contributed by atoms with Gasteiger partial charge in [0.1, 0.15) is 0 Å². The molecular weight excluding hydrogens is 154 g/mol. The first-order valence-corrected chi connectivity index (χ1v) is 4.67. The minimum Gasteiger partial charge on any atom is -0.481 e. The molecule has 3 nitrogen and oxygen atoms in total. The summed E-state index contributed by atoms with van der Waals surface area (Å²) in [4.78, 5) is 10.6. The van der Waals surface area contributed by atoms with Crippen LogP contribution in [-0.2, 0) is 4.79 Å². The molecule has 0 aliphatic heterocycles. The average molecular weight is 169 g/mol. The van der Waals surface area contributed by atoms with Gasteiger partial charge in [0.05, 0.1) is 5.92 Å². The van der Waals surface area contributed by atoms with E-state index in [1.165, 1.54) is 6.42 Å². The number of nitrogens with one attached hydrogen (secondary N) is 1. The van der Waals surface area contributed by atoms with Crippen molar-refractivity contribution in [3.63, 3.8) is 0 Å². The van der Waals surface area contributed by atoms with Crippen molar-refractivity contribution in [1.29, 1.82) is 0 Å². The summed E-state index contributed by atoms with van der Waals surface area (Å²) in [6.45, 7) is 2.20. The Morgan fingerprint density at radius 3 is 2.42 bits per heavy atom. The van der Waals surface area contributed by atoms with Gasteiger partial charge in [-0.2, -0.15) is 0 Å². The molecule has 2 aliphatic carbocycles. The Morgan fingerprint density at radius 2 is 2.08 bits per heavy atom. The maximum atomic E-state index is 10.6. The molecule has 0 heterocycles. The summed E-state index contributed by atoms with van der Waals surface area (Å²) in [5.41, 5.74) is 0. The number of hydrogen-bond acceptors (Lipinski definition) is 2. The van der Waals surface area contributed by atoms with Crippen LogP contribution < -0.4 is 5.32 Å². The van der Waals surface area contributed by atoms with Crippen LogP contribution in [-0.4, -0.2) is 23.2 Å². The molecule has 2 fully saturated rings. The van der Waals surface area contributed by atoms with Crippen molar-refractivity contribution in [2.45, 2.75) is 38.3 Å². The van der Waals surface area contributed by atoms with Crippen LogP contribution in [0.5, 0.6) is 0 Å². The van der Waals surface area contributed by atoms with Gasteiger partial charge in [0.2, 0.25) is 0 Å². The molecule has 0 bridgehead atoms. The smallest absolute Gasteiger partial charge is 0.308 e. The Labute approximate surface area is 72.2 Å². The molecule has 4 atom stereocenters. The number of carboxylic acid groups (broad SMARTS) is 1. The van der Waals surface area contributed by atoms with Gasteiger partial charge in [0.25, 0.3) is 0 Å². The number of carbonyl (C=O) groups is 1. The second-order valence-corrected chi connectivity index (χ2v) is 4.11. The topological polar surface area (TPSA) is 49.3 Å². The van der Waals surface area contributed by atoms with Crippen LogP contribution in [0, 0.1) is 11.8 Å². The van der Waals surface area contributed by atoms with Gasteiger partial charge in [-0.15, -0.1) is 0 Å². The minimum atomic E-state index is -0.632. The molecule has 4 unspecified atom stereocenters. The fraction of sp³-hybridized carbons (Fsp3) is 0.889. The lowest BCUT2D eigenvalue weighted by Gasteiger charge is -2.34. The van der Waals surface area contributed by atoms with E-state index in [4.69, 9.17) is 5.11 Å². The first kappa shape index (κ1) is 8.05. The standard InChI is InChI=1S/C9H15NO2/c1-5-4-8(5)10-7-3-2-6(7)9(11)12/h5-8,10H,2-4H2,1H3,(H,11,12). The lowest BCUT2D eigenvalue weighted by molar-refractivity contribution is -0.146. The third-order valence-corrected chi connectivity index (χ3v) is 3.13. The number of hydrogen-bond donors (Lipinski definition) is 2. The van der Waals surface area contributed by atoms with E-state index in [9.17, 15) is 4.79 Å². The van der Waals surface area contributed by atoms with Gasteiger partial charge in [-0.25, -0.2) is 0 Å². The first-order chi connectivity index (χ1) is 5.68. The molecule has 2 rings (SSSR count). The van der Waals surface area contributed by atoms with Crippen molar-refractivity contribution in [3.05, 3.63) is 0 Å². The quantitative estimate of drug-likeness (QED) is 0.658. The lowest BCUT2D eigenvalue weighted by Crippen LogP contribution is -2.48. The van der Waals surface area contributed by atoms with Crippen LogP contribution >= 0.6 is 0 Å². The van der Waals surface area contributed by atoms with Gasteiger partial charge in [-0.3, -0.25) is 4.79 Å². The molecule has 0 saturated heterocycles. The summed E-state index contributed by atoms with van der Waals surface area (Å²) < 4.78 is 0. The molecule has 2 aliphatic rings. The van der Waals surface area contributed by atoms with E-state index in [1.807, 2.05) is 0 Å². The van der Waals surface area contributed by atoms with Crippen molar-refractivity contribution in [2.24, 2.45) is 11.8 Å². The summed E-state index contributed by atoms with van der Waals surface area (Å²) in [5.74, 6) is 0.0184. The molecule has 0 aromatic carbocycles. The summed E-state index contributed by atoms with van der Waals surface area (Å²) in [6, 6.07) is 0.870. The van der Waals surface area contributed by atoms with Gasteiger partial charge >= 0.3 is 5.97 Å². The number of carboxylic acids is 1. The molecule has 2 N–H and O–H groups in total. The van der Waals surface area contributed by atoms with E-state index in [2.05, 4.69) is 12.2 Å². The lowest BCUT2D eigenvalue weighted by atomic mass is 9.79. The zero-order chi connectivity index (χ0) is 8.72. The van der Waals surface area contributed by atoms with Crippen LogP contribution in [0.4, 0.5) is 0 Å². The fourth-order valence-electron chi connectivity index (χ4n) is 1.82. The SMILES string of the molecule is CC1CC1NC1CCC1C(=O)O. The first-order valence-electron chi connectivity index (χ1n) is 4.67. The fourth-order valence-corrected chi connectivity index (χ4v) is 1.82. The number of rotatable bonds is 3. The highest BCUT2D eigenvalue weighted by molar-refractivity contribution is 5.72. The van der Waals surface area contributed by atoms with E-state index in [1.54, 1.807) is 0 Å². The van der Waals surface area contributed by atoms with E-state index < -0.39 is 5.97 Å². The molecular formula is C9H15NO2. The highest BCUT2D eigenvalue weighted by Crippen LogP contribution is 2.35. The van der Waals surface area contributed by atoms with Crippen molar-refractivity contribution in [2.75, 3.05) is 0 Å². The van der Waals surface area contributed by atoms with Gasteiger partial charge in [0, 0.05) is 12.1 Å². The maximum Gasteiger partial charge on any atom is 0.308 e. The van der Waals surface area contributed by atoms with Crippen molar-refractivity contribution in [1.82, 2.24) is 5.32 Å². The monoisotopic (exact) mass is 169 g/mol. The predicted octanol–water partition coefficient (Wildman–Crippen LogP) is 0.848. The van der Waals surface area contributed by atoms with Crippen molar-refractivity contribution < 1.29 is 9.90 Å². The van der Waals surface area contributed by atoms with Crippen LogP contribution in [0.25, 0.3) is 0 Å². The zero-order valence-electron chi connectivity index (χ0n) is 7.29. The van der Waals surface area contributed by atoms with Gasteiger partial charge in [-0.05, 0) is 25.2 Å². The van der Waals surface area contributed by atoms with Gasteiger partial charge in [-0.1, -0.05) is 6.92 Å². The van der Waals surface area contributed by atoms with E-state index in [0.717, 1.165) is 18.8 Å². The molecule has 2 saturated carbocycles. The summed E-state index contributed by atoms with van der Waals surface area (Å²) >= 11 is 0. The number of aliphatic carboxylic acids is 1. The second kappa shape index (κ2) is 2.73. The highest BCUT2D eigenvalue weighted by Gasteiger charge is 2.42. The Bertz CT molecular complexity index is 205. The zero-order valence-corrected chi connectivity index (χ0v) is 7.29. The van der Waals surface area contributed by atoms with Crippen LogP contribution in [0.15, 0.2) is 0 Å². The predicted molar refractivity (Wildman–Crippen MR) is 44.9 cm³/mol. The van der Waals surface area contributed by atoms with E-state index in [0.29, 0.717) is 6.04 Å². The minimum absolute atomic E-state index is 0.113. The van der Waals surface area contributed by atoms with Gasteiger partial charge in [0.15, 0.2) is 0 Å². The third kappa shape index (κ3) is 1.33. The van der Waals surface area contributed by atoms with Gasteiger partial charge < -0.3 is 10.4 Å². The normalized spacial score (nSPS) is 45.1. The van der Waals surface area contributed by atoms with E-state index in [-0.39, 0.29) is 12.0 Å². The third-order valence-electron chi connectivity index (χ3n) is 3.13. The highest BCUT2D eigenvalue weighted by atomic mass is 16.4. The Morgan fingerprint density at radius 1 is 1.42 bits per heavy atom. The molecule has 12 heavy (non-hydrogen) atoms. The van der Waals surface area contributed by atoms with Crippen molar-refractivity contribution >= 4 is 5.97 Å². The maximum absolute atomic E-state index is 10.6. The van der Waals surface area contributed by atoms with Crippen molar-refractivity contribution in [3.8, 4) is 0 Å². The molecule has 0 aromatic rings. The second-order valence-electron chi connectivity index (χ2n) is 4.11. The Hall–Kier alpha value is -0.570. The Balaban J connectivity index is 1.78. The average Bonchev–Trinajstić information content (AvgIpc) is 2.58. The van der Waals surface area contributed by atoms with Crippen LogP contribution in [0.2, 0.25) is 0 Å². The van der Waals surface area contributed by atoms with Crippen LogP contribution in [0.3, 0.4) is 0 Å². The molecule has 3 heteroatoms.